The van der Waals surface area contributed by atoms with E-state index in [1.165, 1.54) is 0 Å². The Morgan fingerprint density at radius 2 is 2.17 bits per heavy atom. The normalized spacial score (nSPS) is 12.2. The topological polar surface area (TPSA) is 25.2 Å². The van der Waals surface area contributed by atoms with Crippen LogP contribution in [-0.2, 0) is 0 Å². The van der Waals surface area contributed by atoms with Crippen LogP contribution >= 0.6 is 0 Å². The Bertz CT molecular complexity index is 262. The summed E-state index contributed by atoms with van der Waals surface area (Å²) in [4.78, 5) is 4.01. The van der Waals surface area contributed by atoms with Gasteiger partial charge in [-0.3, -0.25) is 4.98 Å². The molecule has 0 aliphatic heterocycles. The van der Waals surface area contributed by atoms with Crippen molar-refractivity contribution in [2.75, 3.05) is 0 Å². The first-order valence-corrected chi connectivity index (χ1v) is 7.48. The molecule has 0 unspecified atom stereocenters. The lowest BCUT2D eigenvalue weighted by Gasteiger charge is -2.06. The SMILES string of the molecule is C[Si](C)(C)N=Cc1cccnc1. The molecule has 0 saturated heterocycles. The second kappa shape index (κ2) is 3.63. The summed E-state index contributed by atoms with van der Waals surface area (Å²) in [5.74, 6) is 0. The number of hydrogen-bond donors (Lipinski definition) is 0. The van der Waals surface area contributed by atoms with Gasteiger partial charge in [0.1, 0.15) is 0 Å². The summed E-state index contributed by atoms with van der Waals surface area (Å²) in [6.45, 7) is 6.62. The Labute approximate surface area is 74.5 Å². The van der Waals surface area contributed by atoms with Crippen molar-refractivity contribution < 1.29 is 0 Å². The number of aromatic nitrogens is 1. The first-order chi connectivity index (χ1) is 5.58. The van der Waals surface area contributed by atoms with Gasteiger partial charge in [-0.1, -0.05) is 6.07 Å². The van der Waals surface area contributed by atoms with Gasteiger partial charge >= 0.3 is 0 Å². The summed E-state index contributed by atoms with van der Waals surface area (Å²) in [5.41, 5.74) is 1.08. The maximum atomic E-state index is 4.50. The third-order valence-electron chi connectivity index (χ3n) is 1.29. The predicted molar refractivity (Wildman–Crippen MR) is 55.2 cm³/mol. The maximum Gasteiger partial charge on any atom is 0.172 e. The summed E-state index contributed by atoms with van der Waals surface area (Å²) in [6, 6.07) is 3.93. The van der Waals surface area contributed by atoms with Crippen molar-refractivity contribution in [1.82, 2.24) is 4.98 Å². The fraction of sp³-hybridized carbons (Fsp3) is 0.333. The van der Waals surface area contributed by atoms with Gasteiger partial charge in [0, 0.05) is 24.2 Å². The minimum Gasteiger partial charge on any atom is -0.329 e. The standard InChI is InChI=1S/C9H14N2Si/c1-12(2,3)11-8-9-5-4-6-10-7-9/h4-8H,1-3H3. The molecule has 0 N–H and O–H groups in total. The van der Waals surface area contributed by atoms with Gasteiger partial charge in [0.25, 0.3) is 0 Å². The van der Waals surface area contributed by atoms with E-state index in [0.717, 1.165) is 5.56 Å². The summed E-state index contributed by atoms with van der Waals surface area (Å²) in [7, 11) is -1.30. The molecule has 64 valence electrons. The van der Waals surface area contributed by atoms with Crippen molar-refractivity contribution in [2.24, 2.45) is 4.66 Å². The molecule has 1 heterocycles. The van der Waals surface area contributed by atoms with Gasteiger partial charge in [-0.2, -0.15) is 0 Å². The molecule has 1 aromatic rings. The average Bonchev–Trinajstić information content (AvgIpc) is 2.02. The summed E-state index contributed by atoms with van der Waals surface area (Å²) in [6.07, 6.45) is 5.51. The highest BCUT2D eigenvalue weighted by Crippen LogP contribution is 2.02. The van der Waals surface area contributed by atoms with E-state index in [9.17, 15) is 0 Å². The molecule has 12 heavy (non-hydrogen) atoms. The molecule has 0 aliphatic carbocycles. The van der Waals surface area contributed by atoms with Gasteiger partial charge in [-0.25, -0.2) is 0 Å². The zero-order chi connectivity index (χ0) is 9.03. The van der Waals surface area contributed by atoms with Gasteiger partial charge in [0.05, 0.1) is 0 Å². The predicted octanol–water partition coefficient (Wildman–Crippen LogP) is 2.34. The smallest absolute Gasteiger partial charge is 0.172 e. The van der Waals surface area contributed by atoms with Crippen molar-refractivity contribution >= 4 is 14.5 Å². The van der Waals surface area contributed by atoms with E-state index < -0.39 is 8.24 Å². The molecular formula is C9H14N2Si. The Morgan fingerprint density at radius 1 is 1.42 bits per heavy atom. The van der Waals surface area contributed by atoms with Crippen LogP contribution in [-0.4, -0.2) is 19.4 Å². The van der Waals surface area contributed by atoms with Gasteiger partial charge in [0.15, 0.2) is 8.24 Å². The highest BCUT2D eigenvalue weighted by molar-refractivity contribution is 6.75. The molecule has 0 bridgehead atoms. The first kappa shape index (κ1) is 9.13. The van der Waals surface area contributed by atoms with Crippen LogP contribution in [0.1, 0.15) is 5.56 Å². The minimum absolute atomic E-state index is 1.08. The fourth-order valence-electron chi connectivity index (χ4n) is 0.721. The van der Waals surface area contributed by atoms with Crippen molar-refractivity contribution in [3.63, 3.8) is 0 Å². The lowest BCUT2D eigenvalue weighted by molar-refractivity contribution is 1.32. The second-order valence-corrected chi connectivity index (χ2v) is 8.32. The van der Waals surface area contributed by atoms with E-state index in [4.69, 9.17) is 0 Å². The molecule has 0 aliphatic rings. The lowest BCUT2D eigenvalue weighted by Crippen LogP contribution is -2.16. The fourth-order valence-corrected chi connectivity index (χ4v) is 1.26. The quantitative estimate of drug-likeness (QED) is 0.504. The van der Waals surface area contributed by atoms with Crippen LogP contribution in [0.15, 0.2) is 29.2 Å². The van der Waals surface area contributed by atoms with E-state index in [1.54, 1.807) is 6.20 Å². The first-order valence-electron chi connectivity index (χ1n) is 4.03. The average molecular weight is 178 g/mol. The molecule has 0 radical (unpaired) electrons. The summed E-state index contributed by atoms with van der Waals surface area (Å²) in [5, 5.41) is 0. The third-order valence-corrected chi connectivity index (χ3v) is 2.19. The second-order valence-electron chi connectivity index (χ2n) is 3.72. The number of rotatable bonds is 2. The molecule has 0 saturated carbocycles. The number of pyridine rings is 1. The van der Waals surface area contributed by atoms with Gasteiger partial charge < -0.3 is 4.66 Å². The number of nitrogens with zero attached hydrogens (tertiary/aromatic N) is 2. The maximum absolute atomic E-state index is 4.50. The van der Waals surface area contributed by atoms with Crippen molar-refractivity contribution in [3.8, 4) is 0 Å². The zero-order valence-electron chi connectivity index (χ0n) is 7.78. The number of hydrogen-bond acceptors (Lipinski definition) is 2. The third kappa shape index (κ3) is 3.43. The van der Waals surface area contributed by atoms with E-state index in [-0.39, 0.29) is 0 Å². The van der Waals surface area contributed by atoms with Crippen LogP contribution in [0.3, 0.4) is 0 Å². The Hall–Kier alpha value is -0.963. The Morgan fingerprint density at radius 3 is 2.67 bits per heavy atom. The van der Waals surface area contributed by atoms with Crippen molar-refractivity contribution in [3.05, 3.63) is 30.1 Å². The molecular weight excluding hydrogens is 164 g/mol. The lowest BCUT2D eigenvalue weighted by atomic mass is 10.3. The van der Waals surface area contributed by atoms with Gasteiger partial charge in [0.2, 0.25) is 0 Å². The highest BCUT2D eigenvalue weighted by Gasteiger charge is 2.08. The largest absolute Gasteiger partial charge is 0.329 e. The van der Waals surface area contributed by atoms with Gasteiger partial charge in [-0.05, 0) is 25.7 Å². The van der Waals surface area contributed by atoms with E-state index >= 15 is 0 Å². The van der Waals surface area contributed by atoms with Crippen LogP contribution in [0.25, 0.3) is 0 Å². The minimum atomic E-state index is -1.30. The van der Waals surface area contributed by atoms with Crippen LogP contribution in [0.5, 0.6) is 0 Å². The summed E-state index contributed by atoms with van der Waals surface area (Å²) >= 11 is 0. The molecule has 0 atom stereocenters. The monoisotopic (exact) mass is 178 g/mol. The van der Waals surface area contributed by atoms with Gasteiger partial charge in [-0.15, -0.1) is 0 Å². The van der Waals surface area contributed by atoms with Crippen molar-refractivity contribution in [2.45, 2.75) is 19.6 Å². The molecule has 2 nitrogen and oxygen atoms in total. The molecule has 0 amide bonds. The summed E-state index contributed by atoms with van der Waals surface area (Å²) < 4.78 is 4.50. The van der Waals surface area contributed by atoms with E-state index in [1.807, 2.05) is 24.5 Å². The molecule has 1 aromatic heterocycles. The Balaban J connectivity index is 2.71. The highest BCUT2D eigenvalue weighted by atomic mass is 28.3. The van der Waals surface area contributed by atoms with Crippen LogP contribution < -0.4 is 0 Å². The Kier molecular flexibility index (Phi) is 2.76. The van der Waals surface area contributed by atoms with Crippen LogP contribution in [0.4, 0.5) is 0 Å². The molecule has 0 aromatic carbocycles. The molecule has 0 spiro atoms. The van der Waals surface area contributed by atoms with E-state index in [0.29, 0.717) is 0 Å². The molecule has 1 rings (SSSR count). The van der Waals surface area contributed by atoms with Crippen LogP contribution in [0, 0.1) is 0 Å². The zero-order valence-corrected chi connectivity index (χ0v) is 8.78. The molecule has 3 heteroatoms. The van der Waals surface area contributed by atoms with Crippen LogP contribution in [0.2, 0.25) is 19.6 Å². The molecule has 0 fully saturated rings. The van der Waals surface area contributed by atoms with E-state index in [2.05, 4.69) is 29.3 Å². The van der Waals surface area contributed by atoms with Crippen molar-refractivity contribution in [1.29, 1.82) is 0 Å².